The molecule has 0 radical (unpaired) electrons. The SMILES string of the molecule is COCOc1c(OC)cc(/C=C(\C)C(=O)O)c2c1c(C)c(-c1cccc(C)c1)n2C. The van der Waals surface area contributed by atoms with Crippen molar-refractivity contribution in [2.75, 3.05) is 21.0 Å². The van der Waals surface area contributed by atoms with Crippen LogP contribution in [0.1, 0.15) is 23.6 Å². The summed E-state index contributed by atoms with van der Waals surface area (Å²) >= 11 is 0. The molecule has 1 N–H and O–H groups in total. The number of nitrogens with zero attached hydrogens (tertiary/aromatic N) is 1. The topological polar surface area (TPSA) is 69.9 Å². The van der Waals surface area contributed by atoms with Gasteiger partial charge in [0.2, 0.25) is 0 Å². The third-order valence-electron chi connectivity index (χ3n) is 5.19. The molecule has 1 heterocycles. The van der Waals surface area contributed by atoms with E-state index >= 15 is 0 Å². The Morgan fingerprint density at radius 3 is 2.53 bits per heavy atom. The van der Waals surface area contributed by atoms with Crippen molar-refractivity contribution in [3.05, 3.63) is 52.6 Å². The maximum atomic E-state index is 11.5. The lowest BCUT2D eigenvalue weighted by atomic mass is 10.0. The van der Waals surface area contributed by atoms with Crippen molar-refractivity contribution >= 4 is 22.9 Å². The average molecular weight is 409 g/mol. The Kier molecular flexibility index (Phi) is 6.17. The number of fused-ring (bicyclic) bond motifs is 1. The lowest BCUT2D eigenvalue weighted by Crippen LogP contribution is -2.03. The monoisotopic (exact) mass is 409 g/mol. The molecule has 0 aliphatic heterocycles. The molecule has 30 heavy (non-hydrogen) atoms. The van der Waals surface area contributed by atoms with Gasteiger partial charge in [-0.2, -0.15) is 0 Å². The van der Waals surface area contributed by atoms with Crippen LogP contribution in [-0.2, 0) is 16.6 Å². The van der Waals surface area contributed by atoms with E-state index in [0.717, 1.165) is 38.9 Å². The van der Waals surface area contributed by atoms with Gasteiger partial charge in [0, 0.05) is 30.7 Å². The number of aryl methyl sites for hydroxylation is 3. The summed E-state index contributed by atoms with van der Waals surface area (Å²) < 4.78 is 18.7. The van der Waals surface area contributed by atoms with Gasteiger partial charge in [-0.3, -0.25) is 0 Å². The number of aliphatic carboxylic acids is 1. The van der Waals surface area contributed by atoms with Crippen molar-refractivity contribution in [2.45, 2.75) is 20.8 Å². The van der Waals surface area contributed by atoms with Gasteiger partial charge in [-0.05, 0) is 50.1 Å². The first-order valence-electron chi connectivity index (χ1n) is 9.60. The number of benzene rings is 2. The molecule has 3 rings (SSSR count). The van der Waals surface area contributed by atoms with Gasteiger partial charge in [0.1, 0.15) is 0 Å². The first-order chi connectivity index (χ1) is 14.3. The third-order valence-corrected chi connectivity index (χ3v) is 5.19. The lowest BCUT2D eigenvalue weighted by molar-refractivity contribution is -0.132. The van der Waals surface area contributed by atoms with Crippen molar-refractivity contribution in [1.29, 1.82) is 0 Å². The minimum absolute atomic E-state index is 0.0723. The summed E-state index contributed by atoms with van der Waals surface area (Å²) in [5.74, 6) is 0.131. The van der Waals surface area contributed by atoms with Crippen LogP contribution in [0.5, 0.6) is 11.5 Å². The molecule has 0 atom stereocenters. The summed E-state index contributed by atoms with van der Waals surface area (Å²) in [5, 5.41) is 10.3. The summed E-state index contributed by atoms with van der Waals surface area (Å²) in [6, 6.07) is 10.1. The molecule has 0 amide bonds. The normalized spacial score (nSPS) is 11.7. The van der Waals surface area contributed by atoms with Crippen molar-refractivity contribution in [2.24, 2.45) is 7.05 Å². The third kappa shape index (κ3) is 3.78. The minimum atomic E-state index is -0.966. The van der Waals surface area contributed by atoms with E-state index in [9.17, 15) is 9.90 Å². The van der Waals surface area contributed by atoms with Crippen molar-refractivity contribution in [1.82, 2.24) is 4.57 Å². The number of rotatable bonds is 7. The van der Waals surface area contributed by atoms with Crippen LogP contribution in [0, 0.1) is 13.8 Å². The average Bonchev–Trinajstić information content (AvgIpc) is 2.97. The van der Waals surface area contributed by atoms with Crippen LogP contribution in [0.15, 0.2) is 35.9 Å². The van der Waals surface area contributed by atoms with E-state index < -0.39 is 5.97 Å². The Bertz CT molecular complexity index is 1140. The Balaban J connectivity index is 2.45. The molecule has 2 aromatic carbocycles. The van der Waals surface area contributed by atoms with Gasteiger partial charge in [-0.15, -0.1) is 0 Å². The van der Waals surface area contributed by atoms with Crippen LogP contribution >= 0.6 is 0 Å². The standard InChI is InChI=1S/C24H27NO5/c1-14-8-7-9-17(10-14)21-16(3)20-22(25(21)4)18(11-15(2)24(26)27)12-19(29-6)23(20)30-13-28-5/h7-12H,13H2,1-6H3,(H,26,27)/b15-11+. The Morgan fingerprint density at radius 2 is 1.93 bits per heavy atom. The molecular formula is C24H27NO5. The van der Waals surface area contributed by atoms with Gasteiger partial charge in [-0.1, -0.05) is 23.8 Å². The van der Waals surface area contributed by atoms with Gasteiger partial charge >= 0.3 is 5.97 Å². The van der Waals surface area contributed by atoms with Crippen LogP contribution in [0.3, 0.4) is 0 Å². The van der Waals surface area contributed by atoms with Crippen molar-refractivity contribution in [3.63, 3.8) is 0 Å². The smallest absolute Gasteiger partial charge is 0.331 e. The van der Waals surface area contributed by atoms with E-state index in [-0.39, 0.29) is 12.4 Å². The molecule has 0 aliphatic carbocycles. The molecule has 0 saturated carbocycles. The van der Waals surface area contributed by atoms with E-state index in [4.69, 9.17) is 14.2 Å². The molecule has 6 nitrogen and oxygen atoms in total. The zero-order valence-corrected chi connectivity index (χ0v) is 18.2. The summed E-state index contributed by atoms with van der Waals surface area (Å²) in [6.45, 7) is 5.74. The molecule has 158 valence electrons. The quantitative estimate of drug-likeness (QED) is 0.442. The van der Waals surface area contributed by atoms with Gasteiger partial charge in [0.05, 0.1) is 18.3 Å². The number of hydrogen-bond donors (Lipinski definition) is 1. The van der Waals surface area contributed by atoms with E-state index in [1.165, 1.54) is 0 Å². The van der Waals surface area contributed by atoms with Crippen LogP contribution < -0.4 is 9.47 Å². The number of methoxy groups -OCH3 is 2. The molecule has 3 aromatic rings. The molecular weight excluding hydrogens is 382 g/mol. The predicted octanol–water partition coefficient (Wildman–Crippen LogP) is 4.94. The van der Waals surface area contributed by atoms with Crippen LogP contribution in [0.4, 0.5) is 0 Å². The molecule has 0 bridgehead atoms. The first-order valence-corrected chi connectivity index (χ1v) is 9.60. The van der Waals surface area contributed by atoms with Crippen LogP contribution in [-0.4, -0.2) is 36.7 Å². The molecule has 0 fully saturated rings. The molecule has 0 unspecified atom stereocenters. The Labute approximate surface area is 176 Å². The fourth-order valence-corrected chi connectivity index (χ4v) is 3.86. The van der Waals surface area contributed by atoms with Gasteiger partial charge in [0.15, 0.2) is 18.3 Å². The molecule has 0 aliphatic rings. The van der Waals surface area contributed by atoms with Crippen molar-refractivity contribution in [3.8, 4) is 22.8 Å². The van der Waals surface area contributed by atoms with Crippen LogP contribution in [0.25, 0.3) is 28.2 Å². The number of carboxylic acids is 1. The maximum absolute atomic E-state index is 11.5. The molecule has 1 aromatic heterocycles. The highest BCUT2D eigenvalue weighted by molar-refractivity contribution is 6.04. The van der Waals surface area contributed by atoms with E-state index in [2.05, 4.69) is 29.7 Å². The van der Waals surface area contributed by atoms with Crippen molar-refractivity contribution < 1.29 is 24.1 Å². The van der Waals surface area contributed by atoms with Crippen LogP contribution in [0.2, 0.25) is 0 Å². The number of hydrogen-bond acceptors (Lipinski definition) is 4. The second-order valence-electron chi connectivity index (χ2n) is 7.31. The lowest BCUT2D eigenvalue weighted by Gasteiger charge is -2.14. The maximum Gasteiger partial charge on any atom is 0.331 e. The summed E-state index contributed by atoms with van der Waals surface area (Å²) in [4.78, 5) is 11.5. The number of aromatic nitrogens is 1. The number of carboxylic acid groups (broad SMARTS) is 1. The molecule has 0 spiro atoms. The summed E-state index contributed by atoms with van der Waals surface area (Å²) in [5.41, 5.74) is 6.14. The van der Waals surface area contributed by atoms with Gasteiger partial charge in [0.25, 0.3) is 0 Å². The zero-order valence-electron chi connectivity index (χ0n) is 18.2. The molecule has 0 saturated heterocycles. The highest BCUT2D eigenvalue weighted by Gasteiger charge is 2.23. The van der Waals surface area contributed by atoms with Gasteiger partial charge in [-0.25, -0.2) is 4.79 Å². The van der Waals surface area contributed by atoms with E-state index in [1.54, 1.807) is 33.3 Å². The van der Waals surface area contributed by atoms with Gasteiger partial charge < -0.3 is 23.9 Å². The van der Waals surface area contributed by atoms with E-state index in [0.29, 0.717) is 11.5 Å². The Morgan fingerprint density at radius 1 is 1.20 bits per heavy atom. The first kappa shape index (κ1) is 21.5. The number of carbonyl (C=O) groups is 1. The fraction of sp³-hybridized carbons (Fsp3) is 0.292. The number of ether oxygens (including phenoxy) is 3. The highest BCUT2D eigenvalue weighted by atomic mass is 16.7. The largest absolute Gasteiger partial charge is 0.493 e. The fourth-order valence-electron chi connectivity index (χ4n) is 3.86. The molecule has 6 heteroatoms. The van der Waals surface area contributed by atoms with E-state index in [1.807, 2.05) is 20.0 Å². The highest BCUT2D eigenvalue weighted by Crippen LogP contribution is 2.45. The second kappa shape index (κ2) is 8.63. The Hall–Kier alpha value is -3.25. The second-order valence-corrected chi connectivity index (χ2v) is 7.31. The minimum Gasteiger partial charge on any atom is -0.493 e. The summed E-state index contributed by atoms with van der Waals surface area (Å²) in [7, 11) is 5.11. The zero-order chi connectivity index (χ0) is 22.0. The predicted molar refractivity (Wildman–Crippen MR) is 118 cm³/mol. The summed E-state index contributed by atoms with van der Waals surface area (Å²) in [6.07, 6.45) is 1.66.